The van der Waals surface area contributed by atoms with Crippen LogP contribution in [0, 0.1) is 0 Å². The maximum atomic E-state index is 12.1. The van der Waals surface area contributed by atoms with Gasteiger partial charge in [0.1, 0.15) is 25.1 Å². The summed E-state index contributed by atoms with van der Waals surface area (Å²) in [6.07, 6.45) is 5.91. The average molecular weight is 519 g/mol. The minimum atomic E-state index is -2.33. The van der Waals surface area contributed by atoms with Crippen LogP contribution in [0.3, 0.4) is 0 Å². The van der Waals surface area contributed by atoms with E-state index in [0.29, 0.717) is 28.8 Å². The average Bonchev–Trinajstić information content (AvgIpc) is 3.27. The van der Waals surface area contributed by atoms with Crippen molar-refractivity contribution in [2.45, 2.75) is 38.1 Å². The molecule has 0 unspecified atom stereocenters. The number of imidazole rings is 1. The summed E-state index contributed by atoms with van der Waals surface area (Å²) in [5.74, 6) is 1.62. The number of rotatable bonds is 8. The first-order valence-electron chi connectivity index (χ1n) is 12.6. The molecule has 37 heavy (non-hydrogen) atoms. The number of para-hydroxylation sites is 2. The fraction of sp³-hybridized carbons (Fsp3) is 0.310. The van der Waals surface area contributed by atoms with Crippen LogP contribution in [0.1, 0.15) is 48.5 Å². The van der Waals surface area contributed by atoms with Crippen LogP contribution >= 0.6 is 7.14 Å². The minimum absolute atomic E-state index is 0.146. The summed E-state index contributed by atoms with van der Waals surface area (Å²) in [4.78, 5) is 16.4. The summed E-state index contributed by atoms with van der Waals surface area (Å²) in [7, 11) is -2.33. The van der Waals surface area contributed by atoms with E-state index in [4.69, 9.17) is 14.5 Å². The van der Waals surface area contributed by atoms with Gasteiger partial charge in [-0.25, -0.2) is 9.78 Å². The predicted octanol–water partition coefficient (Wildman–Crippen LogP) is 7.66. The Balaban J connectivity index is 1.46. The van der Waals surface area contributed by atoms with Crippen molar-refractivity contribution in [1.29, 1.82) is 0 Å². The van der Waals surface area contributed by atoms with Crippen molar-refractivity contribution >= 4 is 24.1 Å². The zero-order chi connectivity index (χ0) is 26.0. The van der Waals surface area contributed by atoms with E-state index in [1.807, 2.05) is 48.5 Å². The number of nitrogens with zero attached hydrogens (tertiary/aromatic N) is 2. The topological polar surface area (TPSA) is 90.7 Å². The summed E-state index contributed by atoms with van der Waals surface area (Å²) in [6, 6.07) is 20.6. The first kappa shape index (κ1) is 25.1. The fourth-order valence-corrected chi connectivity index (χ4v) is 5.27. The molecule has 0 amide bonds. The standard InChI is InChI=1S/C29H31N2O5P/c1-37(2,34)19-35-26-10-6-7-11-27(26)36-23-15-12-20(13-16-23)28-30-24-18-21(29(32)33)14-17-25(24)31(28)22-8-4-3-5-9-22/h6-7,10-18,22H,3-5,8-9,19H2,1-2H3,(H,32,33). The third kappa shape index (κ3) is 5.72. The van der Waals surface area contributed by atoms with Gasteiger partial charge in [0.05, 0.1) is 16.6 Å². The Morgan fingerprint density at radius 3 is 2.38 bits per heavy atom. The van der Waals surface area contributed by atoms with Gasteiger partial charge in [-0.1, -0.05) is 31.4 Å². The van der Waals surface area contributed by atoms with Crippen molar-refractivity contribution in [3.8, 4) is 28.6 Å². The van der Waals surface area contributed by atoms with Crippen LogP contribution in [0.5, 0.6) is 17.2 Å². The lowest BCUT2D eigenvalue weighted by atomic mass is 9.95. The highest BCUT2D eigenvalue weighted by molar-refractivity contribution is 7.62. The van der Waals surface area contributed by atoms with Gasteiger partial charge < -0.3 is 23.7 Å². The summed E-state index contributed by atoms with van der Waals surface area (Å²) in [6.45, 7) is 3.39. The van der Waals surface area contributed by atoms with Gasteiger partial charge in [0.15, 0.2) is 11.5 Å². The molecule has 1 N–H and O–H groups in total. The van der Waals surface area contributed by atoms with E-state index < -0.39 is 13.1 Å². The molecule has 0 saturated heterocycles. The van der Waals surface area contributed by atoms with Gasteiger partial charge in [-0.2, -0.15) is 0 Å². The molecule has 0 atom stereocenters. The Kier molecular flexibility index (Phi) is 7.07. The number of hydrogen-bond donors (Lipinski definition) is 1. The van der Waals surface area contributed by atoms with Crippen LogP contribution in [0.25, 0.3) is 22.4 Å². The molecule has 0 aliphatic heterocycles. The van der Waals surface area contributed by atoms with Crippen molar-refractivity contribution in [2.24, 2.45) is 0 Å². The second-order valence-electron chi connectivity index (χ2n) is 10.0. The Labute approximate surface area is 216 Å². The zero-order valence-corrected chi connectivity index (χ0v) is 22.0. The van der Waals surface area contributed by atoms with Crippen LogP contribution in [0.15, 0.2) is 66.7 Å². The lowest BCUT2D eigenvalue weighted by molar-refractivity contribution is 0.0697. The molecular formula is C29H31N2O5P. The smallest absolute Gasteiger partial charge is 0.335 e. The van der Waals surface area contributed by atoms with Crippen LogP contribution in [0.4, 0.5) is 0 Å². The number of benzene rings is 3. The summed E-state index contributed by atoms with van der Waals surface area (Å²) in [5.41, 5.74) is 2.83. The second kappa shape index (κ2) is 10.4. The van der Waals surface area contributed by atoms with Crippen LogP contribution < -0.4 is 9.47 Å². The normalized spacial score (nSPS) is 14.5. The molecule has 1 aliphatic rings. The van der Waals surface area contributed by atoms with E-state index in [1.165, 1.54) is 19.3 Å². The summed E-state index contributed by atoms with van der Waals surface area (Å²) < 4.78 is 26.2. The molecule has 192 valence electrons. The van der Waals surface area contributed by atoms with Crippen molar-refractivity contribution < 1.29 is 23.9 Å². The monoisotopic (exact) mass is 518 g/mol. The quantitative estimate of drug-likeness (QED) is 0.241. The summed E-state index contributed by atoms with van der Waals surface area (Å²) in [5, 5.41) is 9.46. The zero-order valence-electron chi connectivity index (χ0n) is 21.1. The molecule has 0 spiro atoms. The van der Waals surface area contributed by atoms with Crippen LogP contribution in [0.2, 0.25) is 0 Å². The third-order valence-electron chi connectivity index (χ3n) is 6.60. The lowest BCUT2D eigenvalue weighted by Gasteiger charge is -2.25. The van der Waals surface area contributed by atoms with E-state index >= 15 is 0 Å². The van der Waals surface area contributed by atoms with Gasteiger partial charge in [-0.3, -0.25) is 0 Å². The van der Waals surface area contributed by atoms with Gasteiger partial charge in [0.2, 0.25) is 0 Å². The SMILES string of the molecule is CP(C)(=O)COc1ccccc1Oc1ccc(-c2nc3cc(C(=O)O)ccc3n2C2CCCCC2)cc1. The molecule has 4 aromatic rings. The van der Waals surface area contributed by atoms with Crippen molar-refractivity contribution in [3.05, 3.63) is 72.3 Å². The molecule has 1 heterocycles. The molecule has 1 aromatic heterocycles. The van der Waals surface area contributed by atoms with E-state index in [-0.39, 0.29) is 11.9 Å². The highest BCUT2D eigenvalue weighted by Crippen LogP contribution is 2.40. The number of fused-ring (bicyclic) bond motifs is 1. The molecule has 0 bridgehead atoms. The second-order valence-corrected chi connectivity index (χ2v) is 13.4. The molecule has 8 heteroatoms. The van der Waals surface area contributed by atoms with Crippen LogP contribution in [-0.4, -0.2) is 40.3 Å². The minimum Gasteiger partial charge on any atom is -0.482 e. The summed E-state index contributed by atoms with van der Waals surface area (Å²) >= 11 is 0. The Bertz CT molecular complexity index is 1470. The fourth-order valence-electron chi connectivity index (χ4n) is 4.82. The number of ether oxygens (including phenoxy) is 2. The number of aromatic nitrogens is 2. The maximum Gasteiger partial charge on any atom is 0.335 e. The number of hydrogen-bond acceptors (Lipinski definition) is 5. The Morgan fingerprint density at radius 2 is 1.70 bits per heavy atom. The highest BCUT2D eigenvalue weighted by Gasteiger charge is 2.23. The molecular weight excluding hydrogens is 487 g/mol. The van der Waals surface area contributed by atoms with Gasteiger partial charge in [-0.05, 0) is 80.8 Å². The molecule has 5 rings (SSSR count). The molecule has 1 fully saturated rings. The first-order chi connectivity index (χ1) is 17.8. The molecule has 0 radical (unpaired) electrons. The van der Waals surface area contributed by atoms with Gasteiger partial charge in [-0.15, -0.1) is 0 Å². The van der Waals surface area contributed by atoms with E-state index in [0.717, 1.165) is 29.7 Å². The third-order valence-corrected chi connectivity index (χ3v) is 7.35. The van der Waals surface area contributed by atoms with E-state index in [9.17, 15) is 14.5 Å². The number of carboxylic acid groups (broad SMARTS) is 1. The number of carbonyl (C=O) groups is 1. The molecule has 7 nitrogen and oxygen atoms in total. The Morgan fingerprint density at radius 1 is 1.00 bits per heavy atom. The number of aromatic carboxylic acids is 1. The predicted molar refractivity (Wildman–Crippen MR) is 146 cm³/mol. The van der Waals surface area contributed by atoms with Crippen molar-refractivity contribution in [2.75, 3.05) is 19.7 Å². The van der Waals surface area contributed by atoms with E-state index in [2.05, 4.69) is 4.57 Å². The molecule has 1 aliphatic carbocycles. The van der Waals surface area contributed by atoms with E-state index in [1.54, 1.807) is 31.5 Å². The van der Waals surface area contributed by atoms with Crippen molar-refractivity contribution in [1.82, 2.24) is 9.55 Å². The largest absolute Gasteiger partial charge is 0.482 e. The van der Waals surface area contributed by atoms with Gasteiger partial charge in [0.25, 0.3) is 0 Å². The molecule has 1 saturated carbocycles. The Hall–Kier alpha value is -3.57. The van der Waals surface area contributed by atoms with Gasteiger partial charge >= 0.3 is 5.97 Å². The van der Waals surface area contributed by atoms with Crippen molar-refractivity contribution in [3.63, 3.8) is 0 Å². The number of carboxylic acids is 1. The first-order valence-corrected chi connectivity index (χ1v) is 15.4. The van der Waals surface area contributed by atoms with Gasteiger partial charge in [0, 0.05) is 11.6 Å². The lowest BCUT2D eigenvalue weighted by Crippen LogP contribution is -2.14. The highest BCUT2D eigenvalue weighted by atomic mass is 31.2. The molecule has 3 aromatic carbocycles. The van der Waals surface area contributed by atoms with Crippen LogP contribution in [-0.2, 0) is 4.57 Å². The maximum absolute atomic E-state index is 12.1.